The number of H-pyrrole nitrogens is 1. The second-order valence-corrected chi connectivity index (χ2v) is 12.9. The average Bonchev–Trinajstić information content (AvgIpc) is 3.52. The van der Waals surface area contributed by atoms with E-state index in [1.54, 1.807) is 66.7 Å². The summed E-state index contributed by atoms with van der Waals surface area (Å²) in [7, 11) is 0. The van der Waals surface area contributed by atoms with Crippen molar-refractivity contribution in [2.24, 2.45) is 0 Å². The SMILES string of the molecule is CCCCCCCCOC(=O)/C=C/c1c(C)[nH]c(=O)n([C@H]2O[C@H](COC(=O)c3ccccc3)[C@H](OC(=O)c3ccccc3)[C@@H]2OC(=O)c2ccccc2)c1=O. The highest BCUT2D eigenvalue weighted by Gasteiger charge is 2.52. The Morgan fingerprint density at radius 2 is 1.24 bits per heavy atom. The maximum Gasteiger partial charge on any atom is 0.338 e. The van der Waals surface area contributed by atoms with Crippen molar-refractivity contribution in [3.8, 4) is 0 Å². The number of esters is 4. The molecule has 1 saturated heterocycles. The number of aromatic nitrogens is 2. The minimum absolute atomic E-state index is 0.0790. The number of hydrogen-bond donors (Lipinski definition) is 1. The number of unbranched alkanes of at least 4 members (excludes halogenated alkanes) is 5. The monoisotopic (exact) mass is 752 g/mol. The van der Waals surface area contributed by atoms with Gasteiger partial charge in [0.1, 0.15) is 12.7 Å². The van der Waals surface area contributed by atoms with Gasteiger partial charge in [-0.2, -0.15) is 0 Å². The van der Waals surface area contributed by atoms with Crippen LogP contribution in [-0.4, -0.2) is 65.0 Å². The van der Waals surface area contributed by atoms with Gasteiger partial charge in [0.05, 0.1) is 28.9 Å². The molecular weight excluding hydrogens is 708 g/mol. The summed E-state index contributed by atoms with van der Waals surface area (Å²) in [6, 6.07) is 24.0. The van der Waals surface area contributed by atoms with Crippen molar-refractivity contribution >= 4 is 30.0 Å². The van der Waals surface area contributed by atoms with Gasteiger partial charge in [0, 0.05) is 11.8 Å². The van der Waals surface area contributed by atoms with Crippen LogP contribution in [0.15, 0.2) is 107 Å². The smallest absolute Gasteiger partial charge is 0.338 e. The lowest BCUT2D eigenvalue weighted by atomic mass is 10.1. The summed E-state index contributed by atoms with van der Waals surface area (Å²) >= 11 is 0. The number of nitrogens with one attached hydrogen (secondary N) is 1. The Kier molecular flexibility index (Phi) is 14.5. The van der Waals surface area contributed by atoms with Crippen LogP contribution in [-0.2, 0) is 28.5 Å². The predicted molar refractivity (Wildman–Crippen MR) is 201 cm³/mol. The minimum Gasteiger partial charge on any atom is -0.463 e. The summed E-state index contributed by atoms with van der Waals surface area (Å²) in [5.74, 6) is -3.10. The number of carbonyl (C=O) groups excluding carboxylic acids is 4. The number of carbonyl (C=O) groups is 4. The van der Waals surface area contributed by atoms with E-state index in [1.807, 2.05) is 0 Å². The molecule has 0 spiro atoms. The topological polar surface area (TPSA) is 169 Å². The van der Waals surface area contributed by atoms with Gasteiger partial charge >= 0.3 is 29.6 Å². The van der Waals surface area contributed by atoms with Crippen molar-refractivity contribution in [3.05, 3.63) is 146 Å². The standard InChI is InChI=1S/C42H44N2O11/c1-3-4-5-6-7-17-26-51-34(45)25-24-32-28(2)43-42(50)44(37(32)46)38-36(55-41(49)31-22-15-10-16-23-31)35(54-40(48)30-20-13-9-14-21-30)33(53-38)27-52-39(47)29-18-11-8-12-19-29/h8-16,18-25,33,35-36,38H,3-7,17,26-27H2,1-2H3,(H,43,50)/b25-24+/t33-,35+,36+,38+/m1/s1. The van der Waals surface area contributed by atoms with Crippen LogP contribution in [0.25, 0.3) is 6.08 Å². The quantitative estimate of drug-likeness (QED) is 0.0584. The summed E-state index contributed by atoms with van der Waals surface area (Å²) < 4.78 is 29.6. The van der Waals surface area contributed by atoms with E-state index in [-0.39, 0.29) is 34.6 Å². The lowest BCUT2D eigenvalue weighted by molar-refractivity contribution is -0.137. The molecule has 0 amide bonds. The van der Waals surface area contributed by atoms with Crippen molar-refractivity contribution in [1.29, 1.82) is 0 Å². The molecule has 4 atom stereocenters. The Morgan fingerprint density at radius 3 is 1.82 bits per heavy atom. The van der Waals surface area contributed by atoms with Gasteiger partial charge in [-0.1, -0.05) is 93.6 Å². The Bertz CT molecular complexity index is 2060. The van der Waals surface area contributed by atoms with Gasteiger partial charge in [0.2, 0.25) is 0 Å². The van der Waals surface area contributed by atoms with Crippen LogP contribution in [0.4, 0.5) is 0 Å². The van der Waals surface area contributed by atoms with Gasteiger partial charge in [-0.3, -0.25) is 4.79 Å². The third-order valence-corrected chi connectivity index (χ3v) is 8.93. The Hall–Kier alpha value is -6.08. The van der Waals surface area contributed by atoms with Crippen LogP contribution in [0.1, 0.15) is 94.0 Å². The van der Waals surface area contributed by atoms with Crippen LogP contribution >= 0.6 is 0 Å². The first kappa shape index (κ1) is 40.1. The molecule has 1 fully saturated rings. The minimum atomic E-state index is -1.69. The summed E-state index contributed by atoms with van der Waals surface area (Å²) in [5, 5.41) is 0. The van der Waals surface area contributed by atoms with Crippen molar-refractivity contribution in [2.45, 2.75) is 76.9 Å². The zero-order chi connectivity index (χ0) is 39.2. The first-order valence-corrected chi connectivity index (χ1v) is 18.3. The van der Waals surface area contributed by atoms with E-state index in [2.05, 4.69) is 11.9 Å². The average molecular weight is 753 g/mol. The van der Waals surface area contributed by atoms with Crippen molar-refractivity contribution in [2.75, 3.05) is 13.2 Å². The molecule has 0 radical (unpaired) electrons. The van der Waals surface area contributed by atoms with Gasteiger partial charge in [-0.25, -0.2) is 28.5 Å². The van der Waals surface area contributed by atoms with E-state index in [9.17, 15) is 28.8 Å². The third-order valence-electron chi connectivity index (χ3n) is 8.93. The number of hydrogen-bond acceptors (Lipinski definition) is 11. The first-order valence-electron chi connectivity index (χ1n) is 18.3. The molecule has 1 aromatic heterocycles. The molecule has 2 heterocycles. The molecule has 13 heteroatoms. The van der Waals surface area contributed by atoms with E-state index in [0.29, 0.717) is 11.0 Å². The van der Waals surface area contributed by atoms with Crippen LogP contribution < -0.4 is 11.2 Å². The van der Waals surface area contributed by atoms with E-state index in [1.165, 1.54) is 37.3 Å². The number of aryl methyl sites for hydroxylation is 1. The third kappa shape index (κ3) is 10.8. The molecule has 0 bridgehead atoms. The molecule has 0 aliphatic carbocycles. The molecule has 288 valence electrons. The molecule has 1 aliphatic heterocycles. The van der Waals surface area contributed by atoms with Crippen LogP contribution in [0, 0.1) is 6.92 Å². The Balaban J connectivity index is 1.48. The molecule has 1 aliphatic rings. The maximum absolute atomic E-state index is 14.1. The highest BCUT2D eigenvalue weighted by atomic mass is 16.7. The Labute approximate surface area is 317 Å². The summed E-state index contributed by atoms with van der Waals surface area (Å²) in [4.78, 5) is 82.9. The maximum atomic E-state index is 14.1. The molecule has 55 heavy (non-hydrogen) atoms. The largest absolute Gasteiger partial charge is 0.463 e. The summed E-state index contributed by atoms with van der Waals surface area (Å²) in [6.45, 7) is 3.31. The van der Waals surface area contributed by atoms with E-state index in [0.717, 1.165) is 38.2 Å². The fourth-order valence-corrected chi connectivity index (χ4v) is 6.02. The predicted octanol–water partition coefficient (Wildman–Crippen LogP) is 5.97. The molecular formula is C42H44N2O11. The van der Waals surface area contributed by atoms with E-state index >= 15 is 0 Å². The highest BCUT2D eigenvalue weighted by Crippen LogP contribution is 2.34. The van der Waals surface area contributed by atoms with E-state index in [4.69, 9.17) is 23.7 Å². The lowest BCUT2D eigenvalue weighted by Crippen LogP contribution is -2.46. The van der Waals surface area contributed by atoms with E-state index < -0.39 is 66.3 Å². The van der Waals surface area contributed by atoms with Gasteiger partial charge in [0.25, 0.3) is 5.56 Å². The number of nitrogens with zero attached hydrogens (tertiary/aromatic N) is 1. The van der Waals surface area contributed by atoms with Crippen molar-refractivity contribution in [1.82, 2.24) is 9.55 Å². The summed E-state index contributed by atoms with van der Waals surface area (Å²) in [6.07, 6.45) is 2.27. The molecule has 3 aromatic carbocycles. The molecule has 5 rings (SSSR count). The lowest BCUT2D eigenvalue weighted by Gasteiger charge is -2.25. The summed E-state index contributed by atoms with van der Waals surface area (Å²) in [5.41, 5.74) is -1.27. The zero-order valence-electron chi connectivity index (χ0n) is 30.7. The first-order chi connectivity index (χ1) is 26.7. The van der Waals surface area contributed by atoms with Crippen LogP contribution in [0.5, 0.6) is 0 Å². The van der Waals surface area contributed by atoms with Gasteiger partial charge in [-0.05, 0) is 55.8 Å². The number of benzene rings is 3. The highest BCUT2D eigenvalue weighted by molar-refractivity contribution is 5.91. The molecule has 0 saturated carbocycles. The van der Waals surface area contributed by atoms with Gasteiger partial charge in [-0.15, -0.1) is 0 Å². The fraction of sp³-hybridized carbons (Fsp3) is 0.333. The van der Waals surface area contributed by atoms with Crippen molar-refractivity contribution < 1.29 is 42.9 Å². The molecule has 0 unspecified atom stereocenters. The number of ether oxygens (including phenoxy) is 5. The van der Waals surface area contributed by atoms with Crippen LogP contribution in [0.3, 0.4) is 0 Å². The van der Waals surface area contributed by atoms with Gasteiger partial charge in [0.15, 0.2) is 18.4 Å². The fourth-order valence-electron chi connectivity index (χ4n) is 6.02. The normalized spacial score (nSPS) is 17.8. The molecule has 1 N–H and O–H groups in total. The Morgan fingerprint density at radius 1 is 0.709 bits per heavy atom. The second-order valence-electron chi connectivity index (χ2n) is 12.9. The number of rotatable bonds is 17. The number of aromatic amines is 1. The second kappa shape index (κ2) is 19.8. The van der Waals surface area contributed by atoms with Gasteiger partial charge < -0.3 is 28.7 Å². The van der Waals surface area contributed by atoms with Crippen LogP contribution in [0.2, 0.25) is 0 Å². The molecule has 4 aromatic rings. The zero-order valence-corrected chi connectivity index (χ0v) is 30.7. The van der Waals surface area contributed by atoms with Crippen molar-refractivity contribution in [3.63, 3.8) is 0 Å². The molecule has 13 nitrogen and oxygen atoms in total.